The third-order valence-corrected chi connectivity index (χ3v) is 1.77. The van der Waals surface area contributed by atoms with E-state index in [-0.39, 0.29) is 4.79 Å². The molecule has 2 N–H and O–H groups in total. The SMILES string of the molecule is OC(=S)[PH2]=S.OC=S. The van der Waals surface area contributed by atoms with E-state index in [1.165, 1.54) is 0 Å². The molecule has 48 valence electrons. The highest BCUT2D eigenvalue weighted by Gasteiger charge is 1.67. The van der Waals surface area contributed by atoms with Crippen molar-refractivity contribution < 1.29 is 10.2 Å². The quantitative estimate of drug-likeness (QED) is 0.478. The van der Waals surface area contributed by atoms with E-state index < -0.39 is 7.36 Å². The predicted octanol–water partition coefficient (Wildman–Crippen LogP) is 1.20. The second-order valence-electron chi connectivity index (χ2n) is 0.561. The molecule has 0 aromatic carbocycles. The number of thiocarbonyl (C=S) groups is 2. The Hall–Kier alpha value is 0.430. The topological polar surface area (TPSA) is 40.5 Å². The monoisotopic (exact) mass is 188 g/mol. The largest absolute Gasteiger partial charge is 0.504 e. The second kappa shape index (κ2) is 10.4. The Morgan fingerprint density at radius 3 is 1.75 bits per heavy atom. The summed E-state index contributed by atoms with van der Waals surface area (Å²) < 4.78 is 0. The molecule has 0 aliphatic carbocycles. The molecule has 1 atom stereocenters. The molecular formula is C2H5O2PS3. The molecule has 1 unspecified atom stereocenters. The summed E-state index contributed by atoms with van der Waals surface area (Å²) in [7, 11) is -0.398. The Labute approximate surface area is 64.4 Å². The molecule has 0 aliphatic heterocycles. The maximum Gasteiger partial charge on any atom is 0.183 e. The lowest BCUT2D eigenvalue weighted by Gasteiger charge is -1.69. The second-order valence-corrected chi connectivity index (χ2v) is 3.10. The van der Waals surface area contributed by atoms with Crippen LogP contribution in [-0.4, -0.2) is 20.6 Å². The molecule has 0 radical (unpaired) electrons. The molecule has 0 heterocycles. The van der Waals surface area contributed by atoms with Crippen molar-refractivity contribution in [2.75, 3.05) is 0 Å². The fraction of sp³-hybridized carbons (Fsp3) is 0. The molecule has 0 rings (SSSR count). The summed E-state index contributed by atoms with van der Waals surface area (Å²) in [5.41, 5.74) is 0.583. The van der Waals surface area contributed by atoms with Gasteiger partial charge in [0.1, 0.15) is 5.55 Å². The lowest BCUT2D eigenvalue weighted by atomic mass is 11.7. The normalized spacial score (nSPS) is 7.50. The number of rotatable bonds is 1. The average Bonchev–Trinajstić information content (AvgIpc) is 1.69. The Morgan fingerprint density at radius 2 is 1.75 bits per heavy atom. The van der Waals surface area contributed by atoms with Crippen LogP contribution in [0.5, 0.6) is 0 Å². The minimum absolute atomic E-state index is 0.0139. The smallest absolute Gasteiger partial charge is 0.183 e. The molecule has 6 heteroatoms. The number of aliphatic hydroxyl groups is 2. The highest BCUT2D eigenvalue weighted by molar-refractivity contribution is 8.10. The van der Waals surface area contributed by atoms with E-state index in [0.717, 1.165) is 0 Å². The molecule has 0 bridgehead atoms. The van der Waals surface area contributed by atoms with Crippen molar-refractivity contribution >= 4 is 53.9 Å². The number of hydrogen-bond acceptors (Lipinski definition) is 3. The number of aliphatic hydroxyl groups excluding tert-OH is 2. The zero-order valence-electron chi connectivity index (χ0n) is 3.77. The standard InChI is InChI=1S/CH3OPS2.CH2OS/c2-1(4)3-5;2-1-3/h3H2,(H,2,4);1H,(H,2,3). The first-order chi connectivity index (χ1) is 3.68. The van der Waals surface area contributed by atoms with Gasteiger partial charge in [0.25, 0.3) is 0 Å². The van der Waals surface area contributed by atoms with Crippen molar-refractivity contribution in [1.29, 1.82) is 0 Å². The molecule has 0 aromatic rings. The van der Waals surface area contributed by atoms with E-state index in [0.29, 0.717) is 5.55 Å². The molecule has 0 fully saturated rings. The fourth-order valence-electron chi connectivity index (χ4n) is 0. The Bertz CT molecular complexity index is 93.3. The molecule has 0 spiro atoms. The lowest BCUT2D eigenvalue weighted by molar-refractivity contribution is 0.585. The average molecular weight is 188 g/mol. The van der Waals surface area contributed by atoms with E-state index in [1.54, 1.807) is 0 Å². The van der Waals surface area contributed by atoms with Gasteiger partial charge in [0.05, 0.1) is 0 Å². The van der Waals surface area contributed by atoms with E-state index in [2.05, 4.69) is 36.2 Å². The summed E-state index contributed by atoms with van der Waals surface area (Å²) in [4.78, 5) is -0.0139. The number of hydrogen-bond donors (Lipinski definition) is 2. The van der Waals surface area contributed by atoms with E-state index in [9.17, 15) is 0 Å². The Kier molecular flexibility index (Phi) is 14.7. The van der Waals surface area contributed by atoms with Gasteiger partial charge in [-0.3, -0.25) is 0 Å². The third kappa shape index (κ3) is 32.1. The van der Waals surface area contributed by atoms with Crippen LogP contribution in [0.1, 0.15) is 0 Å². The van der Waals surface area contributed by atoms with Gasteiger partial charge in [0, 0.05) is 7.36 Å². The van der Waals surface area contributed by atoms with Crippen LogP contribution in [0.4, 0.5) is 0 Å². The van der Waals surface area contributed by atoms with Crippen molar-refractivity contribution in [3.05, 3.63) is 0 Å². The molecular weight excluding hydrogens is 183 g/mol. The van der Waals surface area contributed by atoms with Crippen LogP contribution in [-0.2, 0) is 11.8 Å². The van der Waals surface area contributed by atoms with Crippen LogP contribution >= 0.6 is 31.8 Å². The zero-order chi connectivity index (χ0) is 6.99. The van der Waals surface area contributed by atoms with Gasteiger partial charge in [-0.1, -0.05) is 11.8 Å². The van der Waals surface area contributed by atoms with Gasteiger partial charge in [-0.25, -0.2) is 0 Å². The van der Waals surface area contributed by atoms with Gasteiger partial charge in [0.15, 0.2) is 4.79 Å². The molecule has 2 nitrogen and oxygen atoms in total. The van der Waals surface area contributed by atoms with Crippen LogP contribution < -0.4 is 0 Å². The Morgan fingerprint density at radius 1 is 1.62 bits per heavy atom. The van der Waals surface area contributed by atoms with Gasteiger partial charge in [-0.2, -0.15) is 0 Å². The first-order valence-corrected chi connectivity index (χ1v) is 4.79. The molecule has 0 saturated carbocycles. The summed E-state index contributed by atoms with van der Waals surface area (Å²) in [5, 5.41) is 15.3. The van der Waals surface area contributed by atoms with Crippen LogP contribution in [0.2, 0.25) is 0 Å². The van der Waals surface area contributed by atoms with Gasteiger partial charge in [0.2, 0.25) is 0 Å². The van der Waals surface area contributed by atoms with Crippen LogP contribution in [0.15, 0.2) is 0 Å². The summed E-state index contributed by atoms with van der Waals surface area (Å²) in [6.07, 6.45) is 0. The highest BCUT2D eigenvalue weighted by atomic mass is 32.4. The van der Waals surface area contributed by atoms with Crippen LogP contribution in [0.25, 0.3) is 0 Å². The lowest BCUT2D eigenvalue weighted by Crippen LogP contribution is -1.67. The van der Waals surface area contributed by atoms with Crippen LogP contribution in [0, 0.1) is 0 Å². The first-order valence-electron chi connectivity index (χ1n) is 1.45. The third-order valence-electron chi connectivity index (χ3n) is 0.101. The zero-order valence-corrected chi connectivity index (χ0v) is 7.38. The molecule has 0 amide bonds. The minimum atomic E-state index is -0.398. The summed E-state index contributed by atoms with van der Waals surface area (Å²) in [5.74, 6) is 0. The van der Waals surface area contributed by atoms with Crippen molar-refractivity contribution in [3.8, 4) is 0 Å². The molecule has 0 saturated heterocycles. The van der Waals surface area contributed by atoms with Crippen molar-refractivity contribution in [3.63, 3.8) is 0 Å². The van der Waals surface area contributed by atoms with Gasteiger partial charge in [-0.05, 0) is 24.4 Å². The molecule has 0 aliphatic rings. The highest BCUT2D eigenvalue weighted by Crippen LogP contribution is 1.89. The van der Waals surface area contributed by atoms with E-state index >= 15 is 0 Å². The predicted molar refractivity (Wildman–Crippen MR) is 48.6 cm³/mol. The summed E-state index contributed by atoms with van der Waals surface area (Å²) >= 11 is 12.4. The van der Waals surface area contributed by atoms with Gasteiger partial charge >= 0.3 is 0 Å². The first kappa shape index (κ1) is 11.3. The maximum atomic E-state index is 8.03. The van der Waals surface area contributed by atoms with Gasteiger partial charge < -0.3 is 10.2 Å². The van der Waals surface area contributed by atoms with Gasteiger partial charge in [-0.15, -0.1) is 0 Å². The van der Waals surface area contributed by atoms with E-state index in [1.807, 2.05) is 0 Å². The Balaban J connectivity index is 0. The summed E-state index contributed by atoms with van der Waals surface area (Å²) in [6.45, 7) is 0. The summed E-state index contributed by atoms with van der Waals surface area (Å²) in [6, 6.07) is 0. The molecule has 0 aromatic heterocycles. The van der Waals surface area contributed by atoms with Crippen LogP contribution in [0.3, 0.4) is 0 Å². The fourth-order valence-corrected chi connectivity index (χ4v) is 0. The van der Waals surface area contributed by atoms with Crippen molar-refractivity contribution in [1.82, 2.24) is 0 Å². The van der Waals surface area contributed by atoms with Crippen molar-refractivity contribution in [2.45, 2.75) is 0 Å². The van der Waals surface area contributed by atoms with E-state index in [4.69, 9.17) is 10.2 Å². The maximum absolute atomic E-state index is 8.03. The minimum Gasteiger partial charge on any atom is -0.504 e. The van der Waals surface area contributed by atoms with Crippen molar-refractivity contribution in [2.24, 2.45) is 0 Å². The molecule has 8 heavy (non-hydrogen) atoms.